The van der Waals surface area contributed by atoms with Gasteiger partial charge in [0.2, 0.25) is 5.91 Å². The molecule has 198 valence electrons. The molecule has 6 rings (SSSR count). The lowest BCUT2D eigenvalue weighted by molar-refractivity contribution is -0.130. The number of nitrogens with zero attached hydrogens (tertiary/aromatic N) is 6. The van der Waals surface area contributed by atoms with Gasteiger partial charge >= 0.3 is 0 Å². The van der Waals surface area contributed by atoms with E-state index in [0.29, 0.717) is 53.5 Å². The van der Waals surface area contributed by atoms with Gasteiger partial charge in [-0.05, 0) is 42.5 Å². The number of amides is 1. The van der Waals surface area contributed by atoms with Crippen molar-refractivity contribution in [3.05, 3.63) is 54.4 Å². The predicted octanol–water partition coefficient (Wildman–Crippen LogP) is 3.78. The highest BCUT2D eigenvalue weighted by Crippen LogP contribution is 2.32. The van der Waals surface area contributed by atoms with Crippen molar-refractivity contribution >= 4 is 22.8 Å². The van der Waals surface area contributed by atoms with Crippen LogP contribution >= 0.6 is 0 Å². The monoisotopic (exact) mass is 523 g/mol. The van der Waals surface area contributed by atoms with Crippen LogP contribution in [0.25, 0.3) is 33.8 Å². The number of H-pyrrole nitrogens is 1. The molecule has 0 aliphatic carbocycles. The molecule has 39 heavy (non-hydrogen) atoms. The normalized spacial score (nSPS) is 17.4. The summed E-state index contributed by atoms with van der Waals surface area (Å²) in [7, 11) is 0. The fourth-order valence-corrected chi connectivity index (χ4v) is 5.16. The summed E-state index contributed by atoms with van der Waals surface area (Å²) in [6.07, 6.45) is 2.58. The minimum absolute atomic E-state index is 0.122. The Kier molecular flexibility index (Phi) is 6.82. The summed E-state index contributed by atoms with van der Waals surface area (Å²) >= 11 is 0. The molecular formula is C29H29N7O3. The molecule has 1 N–H and O–H groups in total. The Hall–Kier alpha value is -4.49. The lowest BCUT2D eigenvalue weighted by Crippen LogP contribution is -2.36. The van der Waals surface area contributed by atoms with Gasteiger partial charge in [0, 0.05) is 49.3 Å². The third kappa shape index (κ3) is 5.01. The van der Waals surface area contributed by atoms with Crippen LogP contribution in [0.2, 0.25) is 0 Å². The van der Waals surface area contributed by atoms with E-state index in [-0.39, 0.29) is 12.0 Å². The molecule has 1 amide bonds. The lowest BCUT2D eigenvalue weighted by Gasteiger charge is -2.28. The standard InChI is InChI=1S/C29H29N7O3/c1-2-25(37)36-10-9-23(17-36)39-24-8-5-20(15-21(24)16-30)26-27-29(32-18-31-26)34-28(33-27)19-3-6-22(7-4-19)35-11-13-38-14-12-35/h3-8,15,18,23H,2,9-14,17H2,1H3,(H,31,32,33,34). The third-order valence-corrected chi connectivity index (χ3v) is 7.27. The fraction of sp³-hybridized carbons (Fsp3) is 0.345. The van der Waals surface area contributed by atoms with Gasteiger partial charge in [-0.3, -0.25) is 4.79 Å². The number of rotatable bonds is 6. The minimum Gasteiger partial charge on any atom is -0.487 e. The summed E-state index contributed by atoms with van der Waals surface area (Å²) < 4.78 is 11.6. The van der Waals surface area contributed by atoms with Gasteiger partial charge in [-0.15, -0.1) is 0 Å². The Morgan fingerprint density at radius 3 is 2.69 bits per heavy atom. The number of morpholine rings is 1. The number of aromatic nitrogens is 4. The molecule has 4 aromatic rings. The van der Waals surface area contributed by atoms with E-state index in [1.54, 1.807) is 12.1 Å². The molecule has 2 aliphatic rings. The molecule has 2 aromatic carbocycles. The SMILES string of the molecule is CCC(=O)N1CCC(Oc2ccc(-c3ncnc4nc(-c5ccc(N6CCOCC6)cc5)[nH]c34)cc2C#N)C1. The van der Waals surface area contributed by atoms with Crippen LogP contribution in [0.1, 0.15) is 25.3 Å². The summed E-state index contributed by atoms with van der Waals surface area (Å²) in [6, 6.07) is 16.0. The van der Waals surface area contributed by atoms with E-state index in [1.165, 1.54) is 6.33 Å². The number of aromatic amines is 1. The first kappa shape index (κ1) is 24.8. The van der Waals surface area contributed by atoms with Gasteiger partial charge < -0.3 is 24.3 Å². The van der Waals surface area contributed by atoms with Crippen LogP contribution < -0.4 is 9.64 Å². The second-order valence-electron chi connectivity index (χ2n) is 9.70. The van der Waals surface area contributed by atoms with Crippen molar-refractivity contribution in [2.45, 2.75) is 25.9 Å². The Morgan fingerprint density at radius 1 is 1.13 bits per heavy atom. The highest BCUT2D eigenvalue weighted by Gasteiger charge is 2.27. The Balaban J connectivity index is 1.24. The van der Waals surface area contributed by atoms with Crippen molar-refractivity contribution in [3.63, 3.8) is 0 Å². The van der Waals surface area contributed by atoms with Crippen LogP contribution in [0.4, 0.5) is 5.69 Å². The Morgan fingerprint density at radius 2 is 1.92 bits per heavy atom. The molecule has 0 spiro atoms. The summed E-state index contributed by atoms with van der Waals surface area (Å²) in [5.41, 5.74) is 5.20. The number of carbonyl (C=O) groups excluding carboxylic acids is 1. The zero-order valence-electron chi connectivity index (χ0n) is 21.8. The van der Waals surface area contributed by atoms with E-state index >= 15 is 0 Å². The summed E-state index contributed by atoms with van der Waals surface area (Å²) in [6.45, 7) is 6.33. The zero-order valence-corrected chi connectivity index (χ0v) is 21.8. The largest absolute Gasteiger partial charge is 0.487 e. The maximum Gasteiger partial charge on any atom is 0.222 e. The first-order valence-electron chi connectivity index (χ1n) is 13.3. The molecule has 10 nitrogen and oxygen atoms in total. The highest BCUT2D eigenvalue weighted by molar-refractivity contribution is 5.89. The number of benzene rings is 2. The van der Waals surface area contributed by atoms with Crippen molar-refractivity contribution in [2.24, 2.45) is 0 Å². The van der Waals surface area contributed by atoms with Gasteiger partial charge in [0.05, 0.1) is 31.0 Å². The van der Waals surface area contributed by atoms with Gasteiger partial charge in [0.25, 0.3) is 0 Å². The molecule has 10 heteroatoms. The first-order valence-corrected chi connectivity index (χ1v) is 13.3. The zero-order chi connectivity index (χ0) is 26.8. The van der Waals surface area contributed by atoms with E-state index in [0.717, 1.165) is 49.5 Å². The van der Waals surface area contributed by atoms with Gasteiger partial charge in [-0.25, -0.2) is 15.0 Å². The third-order valence-electron chi connectivity index (χ3n) is 7.27. The van der Waals surface area contributed by atoms with Crippen LogP contribution in [0.15, 0.2) is 48.8 Å². The van der Waals surface area contributed by atoms with Gasteiger partial charge in [-0.2, -0.15) is 5.26 Å². The van der Waals surface area contributed by atoms with Crippen molar-refractivity contribution in [2.75, 3.05) is 44.3 Å². The topological polar surface area (TPSA) is 120 Å². The van der Waals surface area contributed by atoms with Crippen LogP contribution in [0.5, 0.6) is 5.75 Å². The Bertz CT molecular complexity index is 1540. The second kappa shape index (κ2) is 10.7. The number of nitrogens with one attached hydrogen (secondary N) is 1. The molecule has 0 radical (unpaired) electrons. The Labute approximate surface area is 226 Å². The number of fused-ring (bicyclic) bond motifs is 1. The number of hydrogen-bond acceptors (Lipinski definition) is 8. The smallest absolute Gasteiger partial charge is 0.222 e. The predicted molar refractivity (Wildman–Crippen MR) is 146 cm³/mol. The molecule has 2 saturated heterocycles. The van der Waals surface area contributed by atoms with Crippen LogP contribution in [0, 0.1) is 11.3 Å². The molecule has 0 saturated carbocycles. The van der Waals surface area contributed by atoms with Gasteiger partial charge in [0.15, 0.2) is 5.65 Å². The molecule has 1 unspecified atom stereocenters. The van der Waals surface area contributed by atoms with Crippen molar-refractivity contribution < 1.29 is 14.3 Å². The molecule has 2 aliphatic heterocycles. The summed E-state index contributed by atoms with van der Waals surface area (Å²) in [4.78, 5) is 33.1. The van der Waals surface area contributed by atoms with Crippen LogP contribution in [-0.2, 0) is 9.53 Å². The number of hydrogen-bond donors (Lipinski definition) is 1. The van der Waals surface area contributed by atoms with Gasteiger partial charge in [-0.1, -0.05) is 6.92 Å². The number of carbonyl (C=O) groups is 1. The maximum absolute atomic E-state index is 12.0. The number of anilines is 1. The minimum atomic E-state index is -0.131. The quantitative estimate of drug-likeness (QED) is 0.405. The molecule has 0 bridgehead atoms. The second-order valence-corrected chi connectivity index (χ2v) is 9.70. The lowest BCUT2D eigenvalue weighted by atomic mass is 10.1. The molecular weight excluding hydrogens is 494 g/mol. The summed E-state index contributed by atoms with van der Waals surface area (Å²) in [5.74, 6) is 1.33. The number of imidazole rings is 1. The first-order chi connectivity index (χ1) is 19.1. The number of nitriles is 1. The number of likely N-dealkylation sites (tertiary alicyclic amines) is 1. The van der Waals surface area contributed by atoms with Crippen LogP contribution in [0.3, 0.4) is 0 Å². The van der Waals surface area contributed by atoms with Crippen LogP contribution in [-0.4, -0.2) is 76.2 Å². The number of ether oxygens (including phenoxy) is 2. The summed E-state index contributed by atoms with van der Waals surface area (Å²) in [5, 5.41) is 9.87. The van der Waals surface area contributed by atoms with E-state index in [4.69, 9.17) is 14.5 Å². The van der Waals surface area contributed by atoms with E-state index < -0.39 is 0 Å². The van der Waals surface area contributed by atoms with E-state index in [9.17, 15) is 10.1 Å². The van der Waals surface area contributed by atoms with E-state index in [1.807, 2.05) is 30.0 Å². The maximum atomic E-state index is 12.0. The van der Waals surface area contributed by atoms with Crippen molar-refractivity contribution in [1.82, 2.24) is 24.8 Å². The molecule has 4 heterocycles. The van der Waals surface area contributed by atoms with Crippen molar-refractivity contribution in [1.29, 1.82) is 5.26 Å². The average molecular weight is 524 g/mol. The van der Waals surface area contributed by atoms with E-state index in [2.05, 4.69) is 38.1 Å². The average Bonchev–Trinajstić information content (AvgIpc) is 3.65. The highest BCUT2D eigenvalue weighted by atomic mass is 16.5. The fourth-order valence-electron chi connectivity index (χ4n) is 5.16. The molecule has 1 atom stereocenters. The molecule has 2 aromatic heterocycles. The molecule has 2 fully saturated rings. The van der Waals surface area contributed by atoms with Gasteiger partial charge in [0.1, 0.15) is 35.6 Å². The van der Waals surface area contributed by atoms with Crippen molar-refractivity contribution in [3.8, 4) is 34.5 Å².